The minimum atomic E-state index is -0.703. The van der Waals surface area contributed by atoms with Gasteiger partial charge in [-0.15, -0.1) is 0 Å². The highest BCUT2D eigenvalue weighted by Crippen LogP contribution is 2.09. The van der Waals surface area contributed by atoms with Crippen LogP contribution in [0.1, 0.15) is 18.9 Å². The van der Waals surface area contributed by atoms with Crippen molar-refractivity contribution in [1.29, 1.82) is 0 Å². The Kier molecular flexibility index (Phi) is 5.49. The third-order valence-corrected chi connectivity index (χ3v) is 4.04. The van der Waals surface area contributed by atoms with Crippen LogP contribution in [0.2, 0.25) is 0 Å². The Morgan fingerprint density at radius 1 is 1.35 bits per heavy atom. The highest BCUT2D eigenvalue weighted by molar-refractivity contribution is 7.84. The lowest BCUT2D eigenvalue weighted by atomic mass is 10.2. The minimum Gasteiger partial charge on any atom is -0.310 e. The topological polar surface area (TPSA) is 46.9 Å². The Hall–Kier alpha value is -1.46. The first-order valence-corrected chi connectivity index (χ1v) is 8.48. The smallest absolute Gasteiger partial charge is 0.0991 e. The van der Waals surface area contributed by atoms with Gasteiger partial charge in [0.25, 0.3) is 0 Å². The zero-order valence-electron chi connectivity index (χ0n) is 12.0. The van der Waals surface area contributed by atoms with Crippen LogP contribution in [0.25, 0.3) is 5.69 Å². The first-order chi connectivity index (χ1) is 9.65. The van der Waals surface area contributed by atoms with Gasteiger partial charge in [0, 0.05) is 53.5 Å². The van der Waals surface area contributed by atoms with E-state index in [2.05, 4.69) is 41.5 Å². The molecule has 0 amide bonds. The second-order valence-electron chi connectivity index (χ2n) is 4.98. The quantitative estimate of drug-likeness (QED) is 0.850. The van der Waals surface area contributed by atoms with Crippen LogP contribution in [0.5, 0.6) is 0 Å². The number of hydrogen-bond donors (Lipinski definition) is 1. The number of hydrogen-bond acceptors (Lipinski definition) is 3. The summed E-state index contributed by atoms with van der Waals surface area (Å²) < 4.78 is 13.0. The SMILES string of the molecule is CC(CCS(C)=O)NCc1ccc(-n2ccnc2)cc1. The molecule has 0 aliphatic carbocycles. The van der Waals surface area contributed by atoms with Crippen LogP contribution in [-0.2, 0) is 17.3 Å². The molecule has 1 N–H and O–H groups in total. The van der Waals surface area contributed by atoms with E-state index in [0.717, 1.165) is 24.4 Å². The number of imidazole rings is 1. The Balaban J connectivity index is 1.83. The molecule has 1 heterocycles. The molecule has 0 aliphatic heterocycles. The number of aromatic nitrogens is 2. The molecule has 2 rings (SSSR count). The first kappa shape index (κ1) is 14.9. The van der Waals surface area contributed by atoms with E-state index >= 15 is 0 Å². The molecule has 1 aromatic carbocycles. The van der Waals surface area contributed by atoms with Crippen LogP contribution < -0.4 is 5.32 Å². The summed E-state index contributed by atoms with van der Waals surface area (Å²) in [6.07, 6.45) is 8.19. The molecule has 0 spiro atoms. The van der Waals surface area contributed by atoms with E-state index in [1.54, 1.807) is 18.8 Å². The normalized spacial score (nSPS) is 14.1. The van der Waals surface area contributed by atoms with Gasteiger partial charge in [0.05, 0.1) is 6.33 Å². The Labute approximate surface area is 122 Å². The van der Waals surface area contributed by atoms with E-state index in [0.29, 0.717) is 6.04 Å². The average Bonchev–Trinajstić information content (AvgIpc) is 2.97. The maximum atomic E-state index is 11.0. The van der Waals surface area contributed by atoms with Gasteiger partial charge in [-0.1, -0.05) is 12.1 Å². The van der Waals surface area contributed by atoms with Crippen molar-refractivity contribution in [2.75, 3.05) is 12.0 Å². The largest absolute Gasteiger partial charge is 0.310 e. The van der Waals surface area contributed by atoms with Gasteiger partial charge < -0.3 is 9.88 Å². The van der Waals surface area contributed by atoms with E-state index in [-0.39, 0.29) is 0 Å². The molecule has 2 aromatic rings. The molecule has 0 saturated heterocycles. The monoisotopic (exact) mass is 291 g/mol. The van der Waals surface area contributed by atoms with E-state index in [4.69, 9.17) is 0 Å². The van der Waals surface area contributed by atoms with E-state index < -0.39 is 10.8 Å². The predicted octanol–water partition coefficient (Wildman–Crippen LogP) is 2.12. The van der Waals surface area contributed by atoms with Gasteiger partial charge in [0.2, 0.25) is 0 Å². The maximum absolute atomic E-state index is 11.0. The second-order valence-corrected chi connectivity index (χ2v) is 6.54. The summed E-state index contributed by atoms with van der Waals surface area (Å²) in [5.41, 5.74) is 2.36. The van der Waals surface area contributed by atoms with Crippen molar-refractivity contribution in [3.05, 3.63) is 48.5 Å². The van der Waals surface area contributed by atoms with Crippen LogP contribution in [0.15, 0.2) is 43.0 Å². The molecule has 1 aromatic heterocycles. The number of nitrogens with zero attached hydrogens (tertiary/aromatic N) is 2. The Bertz CT molecular complexity index is 537. The van der Waals surface area contributed by atoms with Crippen LogP contribution >= 0.6 is 0 Å². The fourth-order valence-electron chi connectivity index (χ4n) is 1.93. The van der Waals surface area contributed by atoms with Crippen molar-refractivity contribution >= 4 is 10.8 Å². The average molecular weight is 291 g/mol. The van der Waals surface area contributed by atoms with Gasteiger partial charge in [-0.25, -0.2) is 4.98 Å². The second kappa shape index (κ2) is 7.36. The van der Waals surface area contributed by atoms with Gasteiger partial charge in [-0.2, -0.15) is 0 Å². The van der Waals surface area contributed by atoms with Crippen molar-refractivity contribution in [2.45, 2.75) is 25.9 Å². The Morgan fingerprint density at radius 2 is 2.10 bits per heavy atom. The molecule has 2 atom stereocenters. The van der Waals surface area contributed by atoms with Gasteiger partial charge in [-0.3, -0.25) is 4.21 Å². The van der Waals surface area contributed by atoms with E-state index in [1.807, 2.05) is 10.8 Å². The molecule has 4 nitrogen and oxygen atoms in total. The lowest BCUT2D eigenvalue weighted by molar-refractivity contribution is 0.535. The van der Waals surface area contributed by atoms with Gasteiger partial charge in [0.1, 0.15) is 0 Å². The molecule has 0 fully saturated rings. The number of benzene rings is 1. The fourth-order valence-corrected chi connectivity index (χ4v) is 2.62. The molecule has 5 heteroatoms. The predicted molar refractivity (Wildman–Crippen MR) is 83.4 cm³/mol. The zero-order chi connectivity index (χ0) is 14.4. The third kappa shape index (κ3) is 4.58. The van der Waals surface area contributed by atoms with E-state index in [1.165, 1.54) is 5.56 Å². The summed E-state index contributed by atoms with van der Waals surface area (Å²) in [6, 6.07) is 8.79. The fraction of sp³-hybridized carbons (Fsp3) is 0.400. The molecule has 20 heavy (non-hydrogen) atoms. The van der Waals surface area contributed by atoms with Crippen molar-refractivity contribution in [2.24, 2.45) is 0 Å². The summed E-state index contributed by atoms with van der Waals surface area (Å²) in [7, 11) is -0.703. The summed E-state index contributed by atoms with van der Waals surface area (Å²) in [5, 5.41) is 3.45. The van der Waals surface area contributed by atoms with Crippen LogP contribution in [0.4, 0.5) is 0 Å². The summed E-state index contributed by atoms with van der Waals surface area (Å²) in [5.74, 6) is 0.758. The molecule has 108 valence electrons. The summed E-state index contributed by atoms with van der Waals surface area (Å²) >= 11 is 0. The maximum Gasteiger partial charge on any atom is 0.0991 e. The van der Waals surface area contributed by atoms with E-state index in [9.17, 15) is 4.21 Å². The highest BCUT2D eigenvalue weighted by atomic mass is 32.2. The molecular weight excluding hydrogens is 270 g/mol. The standard InChI is InChI=1S/C15H21N3OS/c1-13(7-10-20(2)19)17-11-14-3-5-15(6-4-14)18-9-8-16-12-18/h3-6,8-9,12-13,17H,7,10-11H2,1-2H3. The molecule has 0 aliphatic rings. The third-order valence-electron chi connectivity index (χ3n) is 3.23. The van der Waals surface area contributed by atoms with Crippen molar-refractivity contribution < 1.29 is 4.21 Å². The summed E-state index contributed by atoms with van der Waals surface area (Å²) in [4.78, 5) is 4.04. The lowest BCUT2D eigenvalue weighted by Gasteiger charge is -2.13. The van der Waals surface area contributed by atoms with Crippen molar-refractivity contribution in [3.63, 3.8) is 0 Å². The lowest BCUT2D eigenvalue weighted by Crippen LogP contribution is -2.26. The Morgan fingerprint density at radius 3 is 2.70 bits per heavy atom. The zero-order valence-corrected chi connectivity index (χ0v) is 12.8. The summed E-state index contributed by atoms with van der Waals surface area (Å²) in [6.45, 7) is 2.97. The number of rotatable bonds is 7. The molecule has 0 saturated carbocycles. The molecule has 2 unspecified atom stereocenters. The minimum absolute atomic E-state index is 0.382. The van der Waals surface area contributed by atoms with Gasteiger partial charge >= 0.3 is 0 Å². The molecular formula is C15H21N3OS. The van der Waals surface area contributed by atoms with Crippen molar-refractivity contribution in [1.82, 2.24) is 14.9 Å². The first-order valence-electron chi connectivity index (χ1n) is 6.76. The van der Waals surface area contributed by atoms with Crippen LogP contribution in [-0.4, -0.2) is 31.8 Å². The highest BCUT2D eigenvalue weighted by Gasteiger charge is 2.03. The van der Waals surface area contributed by atoms with Crippen LogP contribution in [0.3, 0.4) is 0 Å². The van der Waals surface area contributed by atoms with Gasteiger partial charge in [0.15, 0.2) is 0 Å². The van der Waals surface area contributed by atoms with Crippen molar-refractivity contribution in [3.8, 4) is 5.69 Å². The van der Waals surface area contributed by atoms with Gasteiger partial charge in [-0.05, 0) is 31.0 Å². The molecule has 0 radical (unpaired) electrons. The molecule has 0 bridgehead atoms. The van der Waals surface area contributed by atoms with Crippen LogP contribution in [0, 0.1) is 0 Å². The number of nitrogens with one attached hydrogen (secondary N) is 1.